The highest BCUT2D eigenvalue weighted by molar-refractivity contribution is 6.62. The minimum Gasteiger partial charge on any atom is -0.374 e. The van der Waals surface area contributed by atoms with Crippen molar-refractivity contribution in [1.29, 1.82) is 0 Å². The largest absolute Gasteiger partial charge is 0.506 e. The van der Waals surface area contributed by atoms with Gasteiger partial charge in [0.05, 0.1) is 11.1 Å². The van der Waals surface area contributed by atoms with Crippen molar-refractivity contribution in [2.45, 2.75) is 72.4 Å². The molecule has 0 fully saturated rings. The first-order chi connectivity index (χ1) is 9.40. The summed E-state index contributed by atoms with van der Waals surface area (Å²) >= 11 is 0. The van der Waals surface area contributed by atoms with Crippen LogP contribution in [0, 0.1) is 0 Å². The highest BCUT2D eigenvalue weighted by Gasteiger charge is 2.53. The predicted octanol–water partition coefficient (Wildman–Crippen LogP) is 4.07. The number of nitrogens with zero attached hydrogens (tertiary/aromatic N) is 1. The van der Waals surface area contributed by atoms with Crippen molar-refractivity contribution in [1.82, 2.24) is 0 Å². The minimum atomic E-state index is -2.71. The summed E-state index contributed by atoms with van der Waals surface area (Å²) in [4.78, 5) is 4.73. The average molecular weight is 304 g/mol. The molecule has 0 saturated heterocycles. The fourth-order valence-electron chi connectivity index (χ4n) is 2.08. The van der Waals surface area contributed by atoms with E-state index in [4.69, 9.17) is 18.3 Å². The summed E-state index contributed by atoms with van der Waals surface area (Å²) < 4.78 is 18.0. The molecule has 0 aliphatic carbocycles. The molecule has 0 aliphatic heterocycles. The van der Waals surface area contributed by atoms with Crippen LogP contribution in [0.5, 0.6) is 0 Å². The van der Waals surface area contributed by atoms with Crippen molar-refractivity contribution in [2.75, 3.05) is 19.8 Å². The quantitative estimate of drug-likeness (QED) is 0.426. The summed E-state index contributed by atoms with van der Waals surface area (Å²) in [5.41, 5.74) is -0.135. The van der Waals surface area contributed by atoms with E-state index in [1.165, 1.54) is 0 Å². The number of unbranched alkanes of at least 4 members (excludes halogenated alkanes) is 1. The smallest absolute Gasteiger partial charge is 0.374 e. The molecule has 20 heavy (non-hydrogen) atoms. The molecule has 120 valence electrons. The Morgan fingerprint density at radius 3 is 1.80 bits per heavy atom. The third kappa shape index (κ3) is 5.64. The monoisotopic (exact) mass is 303 g/mol. The molecule has 0 aromatic heterocycles. The first kappa shape index (κ1) is 19.8. The number of hydrogen-bond acceptors (Lipinski definition) is 4. The molecule has 5 heteroatoms. The molecule has 4 nitrogen and oxygen atoms in total. The normalized spacial score (nSPS) is 14.9. The lowest BCUT2D eigenvalue weighted by molar-refractivity contribution is 0.0554. The standard InChI is InChI=1S/C15H33NO3Si/c1-8-12-13-16-15(6,7)14(5)20(17-9-2,18-10-3)19-11-4/h13-14H,8-12H2,1-7H3. The lowest BCUT2D eigenvalue weighted by atomic mass is 10.0. The summed E-state index contributed by atoms with van der Waals surface area (Å²) in [5, 5.41) is 0. The zero-order valence-corrected chi connectivity index (χ0v) is 15.4. The van der Waals surface area contributed by atoms with Crippen LogP contribution >= 0.6 is 0 Å². The first-order valence-corrected chi connectivity index (χ1v) is 9.65. The highest BCUT2D eigenvalue weighted by atomic mass is 28.4. The molecule has 1 atom stereocenters. The first-order valence-electron chi connectivity index (χ1n) is 7.85. The molecule has 0 aromatic carbocycles. The van der Waals surface area contributed by atoms with Crippen molar-refractivity contribution in [2.24, 2.45) is 4.99 Å². The van der Waals surface area contributed by atoms with Crippen LogP contribution in [0.15, 0.2) is 4.99 Å². The van der Waals surface area contributed by atoms with Gasteiger partial charge in [-0.1, -0.05) is 20.3 Å². The molecular formula is C15H33NO3Si. The Morgan fingerprint density at radius 2 is 1.45 bits per heavy atom. The second-order valence-electron chi connectivity index (χ2n) is 5.38. The molecule has 0 amide bonds. The van der Waals surface area contributed by atoms with E-state index in [2.05, 4.69) is 27.7 Å². The topological polar surface area (TPSA) is 40.0 Å². The van der Waals surface area contributed by atoms with E-state index >= 15 is 0 Å². The van der Waals surface area contributed by atoms with Gasteiger partial charge in [-0.2, -0.15) is 0 Å². The van der Waals surface area contributed by atoms with Gasteiger partial charge in [-0.3, -0.25) is 4.99 Å². The van der Waals surface area contributed by atoms with Gasteiger partial charge in [0.2, 0.25) is 0 Å². The molecule has 0 saturated carbocycles. The van der Waals surface area contributed by atoms with E-state index in [9.17, 15) is 0 Å². The van der Waals surface area contributed by atoms with Crippen molar-refractivity contribution in [3.05, 3.63) is 0 Å². The van der Waals surface area contributed by atoms with E-state index in [0.29, 0.717) is 19.8 Å². The Balaban J connectivity index is 5.20. The van der Waals surface area contributed by atoms with Crippen molar-refractivity contribution in [3.63, 3.8) is 0 Å². The van der Waals surface area contributed by atoms with Gasteiger partial charge in [-0.05, 0) is 47.3 Å². The number of hydrogen-bond donors (Lipinski definition) is 0. The Labute approximate surface area is 126 Å². The van der Waals surface area contributed by atoms with Gasteiger partial charge in [0.1, 0.15) is 0 Å². The molecule has 0 spiro atoms. The summed E-state index contributed by atoms with van der Waals surface area (Å²) in [5.74, 6) is 0. The Bertz CT molecular complexity index is 265. The molecule has 0 aromatic rings. The molecule has 0 aliphatic rings. The van der Waals surface area contributed by atoms with E-state index in [0.717, 1.165) is 12.8 Å². The third-order valence-corrected chi connectivity index (χ3v) is 7.31. The number of aliphatic imine (C=N–C) groups is 1. The fraction of sp³-hybridized carbons (Fsp3) is 0.933. The molecule has 0 rings (SSSR count). The Hall–Kier alpha value is -0.233. The zero-order valence-electron chi connectivity index (χ0n) is 14.4. The van der Waals surface area contributed by atoms with Gasteiger partial charge < -0.3 is 13.3 Å². The van der Waals surface area contributed by atoms with Gasteiger partial charge >= 0.3 is 8.80 Å². The highest BCUT2D eigenvalue weighted by Crippen LogP contribution is 2.37. The van der Waals surface area contributed by atoms with E-state index in [1.54, 1.807) is 0 Å². The van der Waals surface area contributed by atoms with Crippen molar-refractivity contribution in [3.8, 4) is 0 Å². The summed E-state index contributed by atoms with van der Waals surface area (Å²) in [6.45, 7) is 16.3. The van der Waals surface area contributed by atoms with E-state index in [1.807, 2.05) is 27.0 Å². The zero-order chi connectivity index (χ0) is 15.6. The lowest BCUT2D eigenvalue weighted by Gasteiger charge is -2.39. The Kier molecular flexibility index (Phi) is 9.55. The van der Waals surface area contributed by atoms with Gasteiger partial charge in [0.25, 0.3) is 0 Å². The molecule has 0 radical (unpaired) electrons. The molecule has 0 heterocycles. The van der Waals surface area contributed by atoms with Crippen LogP contribution in [0.4, 0.5) is 0 Å². The van der Waals surface area contributed by atoms with Crippen LogP contribution in [0.1, 0.15) is 61.3 Å². The summed E-state index contributed by atoms with van der Waals surface area (Å²) in [6, 6.07) is 0. The van der Waals surface area contributed by atoms with Crippen LogP contribution < -0.4 is 0 Å². The Morgan fingerprint density at radius 1 is 1.00 bits per heavy atom. The second kappa shape index (κ2) is 9.66. The van der Waals surface area contributed by atoms with E-state index < -0.39 is 8.80 Å². The lowest BCUT2D eigenvalue weighted by Crippen LogP contribution is -2.55. The number of rotatable bonds is 11. The van der Waals surface area contributed by atoms with Gasteiger partial charge in [0.15, 0.2) is 0 Å². The van der Waals surface area contributed by atoms with Crippen LogP contribution in [0.25, 0.3) is 0 Å². The van der Waals surface area contributed by atoms with Gasteiger partial charge in [-0.15, -0.1) is 0 Å². The van der Waals surface area contributed by atoms with E-state index in [-0.39, 0.29) is 11.1 Å². The van der Waals surface area contributed by atoms with Crippen LogP contribution in [0.3, 0.4) is 0 Å². The maximum Gasteiger partial charge on any atom is 0.506 e. The van der Waals surface area contributed by atoms with Crippen molar-refractivity contribution < 1.29 is 13.3 Å². The molecule has 0 N–H and O–H groups in total. The molecule has 1 unspecified atom stereocenters. The fourth-order valence-corrected chi connectivity index (χ4v) is 5.22. The van der Waals surface area contributed by atoms with Crippen molar-refractivity contribution >= 4 is 15.0 Å². The SMILES string of the molecule is CCCC=NC(C)(C)C(C)[Si](OCC)(OCC)OCC. The predicted molar refractivity (Wildman–Crippen MR) is 87.5 cm³/mol. The summed E-state index contributed by atoms with van der Waals surface area (Å²) in [7, 11) is -2.71. The minimum absolute atomic E-state index is 0.114. The van der Waals surface area contributed by atoms with Gasteiger partial charge in [-0.25, -0.2) is 0 Å². The second-order valence-corrected chi connectivity index (χ2v) is 8.32. The van der Waals surface area contributed by atoms with Gasteiger partial charge in [0, 0.05) is 19.8 Å². The maximum atomic E-state index is 5.99. The maximum absolute atomic E-state index is 5.99. The molecule has 0 bridgehead atoms. The van der Waals surface area contributed by atoms with Crippen LogP contribution in [-0.4, -0.2) is 40.4 Å². The van der Waals surface area contributed by atoms with Crippen LogP contribution in [-0.2, 0) is 13.3 Å². The van der Waals surface area contributed by atoms with Crippen LogP contribution in [0.2, 0.25) is 5.54 Å². The average Bonchev–Trinajstić information content (AvgIpc) is 2.38. The summed E-state index contributed by atoms with van der Waals surface area (Å²) in [6.07, 6.45) is 4.13. The third-order valence-electron chi connectivity index (χ3n) is 3.47. The molecular weight excluding hydrogens is 270 g/mol.